The summed E-state index contributed by atoms with van der Waals surface area (Å²) in [6, 6.07) is 1.68. The van der Waals surface area contributed by atoms with Gasteiger partial charge in [0.15, 0.2) is 0 Å². The van der Waals surface area contributed by atoms with Crippen molar-refractivity contribution in [3.8, 4) is 6.07 Å². The quantitative estimate of drug-likeness (QED) is 0.477. The molecule has 0 aliphatic carbocycles. The van der Waals surface area contributed by atoms with Crippen molar-refractivity contribution in [3.05, 3.63) is 36.2 Å². The maximum absolute atomic E-state index is 13.3. The van der Waals surface area contributed by atoms with Crippen molar-refractivity contribution >= 4 is 0 Å². The van der Waals surface area contributed by atoms with Crippen LogP contribution in [0.1, 0.15) is 33.6 Å². The summed E-state index contributed by atoms with van der Waals surface area (Å²) in [7, 11) is 0. The highest BCUT2D eigenvalue weighted by Gasteiger charge is 2.08. The van der Waals surface area contributed by atoms with Gasteiger partial charge in [-0.3, -0.25) is 0 Å². The fraction of sp³-hybridized carbons (Fsp3) is 0.500. The van der Waals surface area contributed by atoms with Crippen LogP contribution in [0.25, 0.3) is 0 Å². The van der Waals surface area contributed by atoms with E-state index < -0.39 is 5.83 Å². The predicted molar refractivity (Wildman–Crippen MR) is 66.3 cm³/mol. The zero-order chi connectivity index (χ0) is 12.7. The van der Waals surface area contributed by atoms with E-state index in [2.05, 4.69) is 27.0 Å². The van der Waals surface area contributed by atoms with E-state index in [1.165, 1.54) is 6.08 Å². The van der Waals surface area contributed by atoms with Gasteiger partial charge < -0.3 is 0 Å². The van der Waals surface area contributed by atoms with E-state index in [9.17, 15) is 4.39 Å². The lowest BCUT2D eigenvalue weighted by atomic mass is 9.93. The zero-order valence-corrected chi connectivity index (χ0v) is 10.4. The maximum atomic E-state index is 13.3. The van der Waals surface area contributed by atoms with Crippen LogP contribution in [0.4, 0.5) is 4.39 Å². The summed E-state index contributed by atoms with van der Waals surface area (Å²) in [4.78, 5) is 0. The van der Waals surface area contributed by atoms with Gasteiger partial charge in [0.05, 0.1) is 5.57 Å². The molecule has 0 aromatic carbocycles. The minimum absolute atomic E-state index is 0.141. The van der Waals surface area contributed by atoms with Crippen molar-refractivity contribution in [1.82, 2.24) is 0 Å². The Morgan fingerprint density at radius 2 is 1.88 bits per heavy atom. The second-order valence-corrected chi connectivity index (χ2v) is 4.53. The minimum atomic E-state index is -0.580. The second-order valence-electron chi connectivity index (χ2n) is 4.53. The van der Waals surface area contributed by atoms with E-state index in [4.69, 9.17) is 5.26 Å². The molecular formula is C14H20FN. The summed E-state index contributed by atoms with van der Waals surface area (Å²) in [5, 5.41) is 8.47. The van der Waals surface area contributed by atoms with Gasteiger partial charge in [-0.1, -0.05) is 40.3 Å². The summed E-state index contributed by atoms with van der Waals surface area (Å²) in [6.45, 7) is 13.5. The van der Waals surface area contributed by atoms with E-state index in [1.54, 1.807) is 6.07 Å². The molecule has 0 aromatic rings. The van der Waals surface area contributed by atoms with Crippen molar-refractivity contribution in [2.45, 2.75) is 33.6 Å². The molecule has 16 heavy (non-hydrogen) atoms. The van der Waals surface area contributed by atoms with Gasteiger partial charge in [-0.15, -0.1) is 0 Å². The molecule has 0 heterocycles. The molecule has 1 unspecified atom stereocenters. The Bertz CT molecular complexity index is 331. The van der Waals surface area contributed by atoms with Gasteiger partial charge in [0.1, 0.15) is 11.9 Å². The summed E-state index contributed by atoms with van der Waals surface area (Å²) < 4.78 is 13.3. The summed E-state index contributed by atoms with van der Waals surface area (Å²) >= 11 is 0. The number of hydrogen-bond acceptors (Lipinski definition) is 1. The Morgan fingerprint density at radius 1 is 1.31 bits per heavy atom. The largest absolute Gasteiger partial charge is 0.206 e. The van der Waals surface area contributed by atoms with Crippen LogP contribution in [-0.4, -0.2) is 0 Å². The van der Waals surface area contributed by atoms with Crippen LogP contribution < -0.4 is 0 Å². The Hall–Kier alpha value is -1.36. The molecule has 0 aliphatic heterocycles. The number of nitriles is 1. The molecule has 0 aliphatic rings. The first-order chi connectivity index (χ1) is 7.38. The number of allylic oxidation sites excluding steroid dienone is 4. The van der Waals surface area contributed by atoms with Crippen molar-refractivity contribution in [3.63, 3.8) is 0 Å². The summed E-state index contributed by atoms with van der Waals surface area (Å²) in [6.07, 6.45) is 3.39. The predicted octanol–water partition coefficient (Wildman–Crippen LogP) is 4.55. The average Bonchev–Trinajstić information content (AvgIpc) is 2.24. The number of nitrogens with zero attached hydrogens (tertiary/aromatic N) is 1. The molecule has 0 amide bonds. The Kier molecular flexibility index (Phi) is 6.41. The van der Waals surface area contributed by atoms with Crippen LogP contribution in [-0.2, 0) is 0 Å². The molecule has 2 heteroatoms. The summed E-state index contributed by atoms with van der Waals surface area (Å²) in [5.41, 5.74) is 0.576. The third-order valence-electron chi connectivity index (χ3n) is 2.55. The molecule has 0 radical (unpaired) electrons. The number of halogens is 1. The topological polar surface area (TPSA) is 23.8 Å². The highest BCUT2D eigenvalue weighted by atomic mass is 19.1. The molecule has 1 nitrogen and oxygen atoms in total. The SMILES string of the molecule is C=C(C#N)/C(F)=C\C(=C)C(C)CCC(C)C. The van der Waals surface area contributed by atoms with E-state index in [0.29, 0.717) is 5.92 Å². The fourth-order valence-corrected chi connectivity index (χ4v) is 1.21. The van der Waals surface area contributed by atoms with Gasteiger partial charge in [-0.25, -0.2) is 4.39 Å². The molecule has 0 N–H and O–H groups in total. The van der Waals surface area contributed by atoms with Crippen LogP contribution in [0.2, 0.25) is 0 Å². The minimum Gasteiger partial charge on any atom is -0.206 e. The van der Waals surface area contributed by atoms with Gasteiger partial charge in [0.25, 0.3) is 0 Å². The lowest BCUT2D eigenvalue weighted by Gasteiger charge is -2.13. The van der Waals surface area contributed by atoms with Gasteiger partial charge in [-0.05, 0) is 29.9 Å². The third kappa shape index (κ3) is 5.50. The highest BCUT2D eigenvalue weighted by Crippen LogP contribution is 2.22. The molecule has 0 saturated carbocycles. The molecule has 0 saturated heterocycles. The van der Waals surface area contributed by atoms with Gasteiger partial charge in [0, 0.05) is 0 Å². The molecule has 0 rings (SSSR count). The monoisotopic (exact) mass is 221 g/mol. The standard InChI is InChI=1S/C14H20FN/c1-10(2)6-7-11(3)12(4)8-14(15)13(5)9-16/h8,10-11H,4-7H2,1-3H3/b14-8+. The fourth-order valence-electron chi connectivity index (χ4n) is 1.21. The van der Waals surface area contributed by atoms with E-state index in [-0.39, 0.29) is 11.5 Å². The Morgan fingerprint density at radius 3 is 2.31 bits per heavy atom. The summed E-state index contributed by atoms with van der Waals surface area (Å²) in [5.74, 6) is 0.293. The Labute approximate surface area is 98.0 Å². The number of rotatable bonds is 6. The van der Waals surface area contributed by atoms with Crippen LogP contribution >= 0.6 is 0 Å². The molecule has 88 valence electrons. The molecule has 0 aromatic heterocycles. The van der Waals surface area contributed by atoms with E-state index in [1.807, 2.05) is 6.92 Å². The maximum Gasteiger partial charge on any atom is 0.140 e. The van der Waals surface area contributed by atoms with Crippen molar-refractivity contribution < 1.29 is 4.39 Å². The van der Waals surface area contributed by atoms with E-state index >= 15 is 0 Å². The zero-order valence-electron chi connectivity index (χ0n) is 10.4. The molecule has 0 spiro atoms. The van der Waals surface area contributed by atoms with Crippen LogP contribution in [0.5, 0.6) is 0 Å². The van der Waals surface area contributed by atoms with Crippen LogP contribution in [0, 0.1) is 23.2 Å². The van der Waals surface area contributed by atoms with Crippen molar-refractivity contribution in [1.29, 1.82) is 5.26 Å². The second kappa shape index (κ2) is 7.00. The van der Waals surface area contributed by atoms with Crippen molar-refractivity contribution in [2.75, 3.05) is 0 Å². The van der Waals surface area contributed by atoms with Gasteiger partial charge >= 0.3 is 0 Å². The first-order valence-electron chi connectivity index (χ1n) is 5.53. The van der Waals surface area contributed by atoms with Crippen molar-refractivity contribution in [2.24, 2.45) is 11.8 Å². The first kappa shape index (κ1) is 14.6. The average molecular weight is 221 g/mol. The third-order valence-corrected chi connectivity index (χ3v) is 2.55. The van der Waals surface area contributed by atoms with Crippen LogP contribution in [0.3, 0.4) is 0 Å². The normalized spacial score (nSPS) is 13.4. The smallest absolute Gasteiger partial charge is 0.140 e. The van der Waals surface area contributed by atoms with E-state index in [0.717, 1.165) is 18.4 Å². The molecular weight excluding hydrogens is 201 g/mol. The first-order valence-corrected chi connectivity index (χ1v) is 5.53. The van der Waals surface area contributed by atoms with Gasteiger partial charge in [-0.2, -0.15) is 5.26 Å². The lowest BCUT2D eigenvalue weighted by Crippen LogP contribution is -1.99. The molecule has 0 bridgehead atoms. The van der Waals surface area contributed by atoms with Crippen LogP contribution in [0.15, 0.2) is 36.2 Å². The van der Waals surface area contributed by atoms with Gasteiger partial charge in [0.2, 0.25) is 0 Å². The highest BCUT2D eigenvalue weighted by molar-refractivity contribution is 5.39. The lowest BCUT2D eigenvalue weighted by molar-refractivity contribution is 0.493. The molecule has 1 atom stereocenters. The molecule has 0 fully saturated rings. The number of hydrogen-bond donors (Lipinski definition) is 0. The Balaban J connectivity index is 4.36.